The van der Waals surface area contributed by atoms with Gasteiger partial charge in [0.15, 0.2) is 11.6 Å². The molecule has 8 nitrogen and oxygen atoms in total. The minimum Gasteiger partial charge on any atom is -0.392 e. The van der Waals surface area contributed by atoms with Crippen molar-refractivity contribution in [3.8, 4) is 0 Å². The van der Waals surface area contributed by atoms with Crippen LogP contribution in [0.15, 0.2) is 47.6 Å². The largest absolute Gasteiger partial charge is 0.392 e. The van der Waals surface area contributed by atoms with Gasteiger partial charge in [-0.1, -0.05) is 112 Å². The zero-order chi connectivity index (χ0) is 49.8. The molecule has 0 bridgehead atoms. The van der Waals surface area contributed by atoms with Crippen LogP contribution in [-0.2, 0) is 19.2 Å². The number of nitrogens with one attached hydrogen (secondary N) is 2. The Labute approximate surface area is 430 Å². The summed E-state index contributed by atoms with van der Waals surface area (Å²) in [4.78, 5) is 50.1. The average Bonchev–Trinajstić information content (AvgIpc) is 3.87. The van der Waals surface area contributed by atoms with Gasteiger partial charge in [-0.3, -0.25) is 19.2 Å². The molecule has 390 valence electrons. The van der Waals surface area contributed by atoms with Crippen molar-refractivity contribution < 1.29 is 29.4 Å². The van der Waals surface area contributed by atoms with Gasteiger partial charge in [-0.25, -0.2) is 0 Å². The molecule has 6 saturated carbocycles. The first-order valence-electron chi connectivity index (χ1n) is 28.5. The number of hydrogen-bond acceptors (Lipinski definition) is 8. The maximum absolute atomic E-state index is 12.9. The second-order valence-electron chi connectivity index (χ2n) is 25.2. The normalized spacial score (nSPS) is 39.1. The highest BCUT2D eigenvalue weighted by molar-refractivity contribution is 8.76. The lowest BCUT2D eigenvalue weighted by atomic mass is 9.46. The molecular weight excluding hydrogens is 909 g/mol. The highest BCUT2D eigenvalue weighted by Gasteiger charge is 2.63. The lowest BCUT2D eigenvalue weighted by Crippen LogP contribution is -2.55. The molecule has 8 rings (SSSR count). The van der Waals surface area contributed by atoms with Crippen LogP contribution >= 0.6 is 21.6 Å². The Hall–Kier alpha value is -2.14. The van der Waals surface area contributed by atoms with Gasteiger partial charge in [0.25, 0.3) is 0 Å². The molecule has 0 aromatic rings. The molecule has 0 aromatic heterocycles. The summed E-state index contributed by atoms with van der Waals surface area (Å²) in [5.74, 6) is 7.35. The number of aliphatic hydroxyl groups excluding tert-OH is 2. The molecule has 8 unspecified atom stereocenters. The summed E-state index contributed by atoms with van der Waals surface area (Å²) in [6, 6.07) is 0. The van der Waals surface area contributed by atoms with Crippen LogP contribution in [0.1, 0.15) is 183 Å². The van der Waals surface area contributed by atoms with Gasteiger partial charge in [0.1, 0.15) is 0 Å². The summed E-state index contributed by atoms with van der Waals surface area (Å²) in [5, 5.41) is 29.4. The third-order valence-electron chi connectivity index (χ3n) is 21.4. The molecule has 0 heterocycles. The number of rotatable bonds is 23. The van der Waals surface area contributed by atoms with E-state index in [4.69, 9.17) is 0 Å². The third kappa shape index (κ3) is 11.3. The molecule has 0 radical (unpaired) electrons. The smallest absolute Gasteiger partial charge is 0.220 e. The van der Waals surface area contributed by atoms with Crippen LogP contribution in [0.4, 0.5) is 0 Å². The summed E-state index contributed by atoms with van der Waals surface area (Å²) >= 11 is 0. The van der Waals surface area contributed by atoms with Gasteiger partial charge in [0, 0.05) is 48.3 Å². The van der Waals surface area contributed by atoms with Crippen molar-refractivity contribution in [1.29, 1.82) is 0 Å². The fourth-order valence-corrected chi connectivity index (χ4v) is 19.7. The van der Waals surface area contributed by atoms with Gasteiger partial charge in [-0.15, -0.1) is 0 Å². The summed E-state index contributed by atoms with van der Waals surface area (Å²) in [6.45, 7) is 15.9. The quantitative estimate of drug-likeness (QED) is 0.0588. The Balaban J connectivity index is 0.601. The van der Waals surface area contributed by atoms with Crippen molar-refractivity contribution in [2.75, 3.05) is 24.6 Å². The van der Waals surface area contributed by atoms with E-state index >= 15 is 0 Å². The number of ketones is 2. The lowest BCUT2D eigenvalue weighted by Gasteiger charge is -2.59. The molecule has 10 heteroatoms. The van der Waals surface area contributed by atoms with Crippen molar-refractivity contribution in [3.63, 3.8) is 0 Å². The van der Waals surface area contributed by atoms with Crippen molar-refractivity contribution in [3.05, 3.63) is 47.6 Å². The molecule has 16 atom stereocenters. The molecule has 8 aliphatic carbocycles. The maximum atomic E-state index is 12.9. The fourth-order valence-electron chi connectivity index (χ4n) is 17.4. The van der Waals surface area contributed by atoms with Crippen LogP contribution in [0.3, 0.4) is 0 Å². The summed E-state index contributed by atoms with van der Waals surface area (Å²) in [6.07, 6.45) is 33.5. The van der Waals surface area contributed by atoms with E-state index < -0.39 is 0 Å². The van der Waals surface area contributed by atoms with Crippen LogP contribution in [0.2, 0.25) is 0 Å². The van der Waals surface area contributed by atoms with Gasteiger partial charge in [0.05, 0.1) is 12.2 Å². The van der Waals surface area contributed by atoms with Crippen molar-refractivity contribution in [2.24, 2.45) is 80.8 Å². The van der Waals surface area contributed by atoms with Crippen LogP contribution in [0.25, 0.3) is 0 Å². The van der Waals surface area contributed by atoms with E-state index in [0.29, 0.717) is 73.0 Å². The number of carbonyl (C=O) groups is 4. The van der Waals surface area contributed by atoms with E-state index in [0.717, 1.165) is 88.4 Å². The minimum absolute atomic E-state index is 0.0597. The average molecular weight is 1000 g/mol. The minimum atomic E-state index is -0.373. The molecule has 70 heavy (non-hydrogen) atoms. The second kappa shape index (κ2) is 23.2. The molecule has 0 aliphatic heterocycles. The zero-order valence-electron chi connectivity index (χ0n) is 44.1. The zero-order valence-corrected chi connectivity index (χ0v) is 45.8. The van der Waals surface area contributed by atoms with Gasteiger partial charge in [0.2, 0.25) is 11.8 Å². The Kier molecular flexibility index (Phi) is 17.9. The number of carbonyl (C=O) groups excluding carboxylic acids is 4. The van der Waals surface area contributed by atoms with Crippen LogP contribution in [-0.4, -0.2) is 70.4 Å². The monoisotopic (exact) mass is 1000 g/mol. The summed E-state index contributed by atoms with van der Waals surface area (Å²) in [5.41, 5.74) is 2.44. The molecule has 0 spiro atoms. The SMILES string of the molecule is C[C@H](CCC(=O)NCCCCCCSSCCCCCCNC(=O)CC[C@@H](C)C1CCC2C3C(CC[C@@]21C)[C@@]1(C)C=CC(=O)C=C1C[C@H]3O)C1CCC2C3C(CC[C@@]21C)[C@@]1(C)C=CC(=O)C=C1C[C@H]3O. The number of hydrogen-bond donors (Lipinski definition) is 4. The standard InChI is InChI=1S/C60H92N2O6S2/c1-39(45-17-19-47-55-49(25-29-59(45,47)5)57(3)27-23-43(63)35-41(57)37-51(55)65)15-21-53(67)61-31-11-7-9-13-33-69-70-34-14-10-8-12-32-62-54(68)22-16-40(2)46-18-20-48-56-50(26-30-60(46,48)6)58(4)28-24-44(64)36-42(58)38-52(56)66/h23-24,27-28,35-36,39-40,45-52,55-56,65-66H,7-22,25-26,29-34,37-38H2,1-6H3,(H,61,67)(H,62,68)/t39-,40-,45?,46?,47?,48?,49?,50?,51-,52-,55?,56?,57+,58+,59-,60-/m1/s1. The van der Waals surface area contributed by atoms with Gasteiger partial charge in [-0.05, 0) is 197 Å². The summed E-state index contributed by atoms with van der Waals surface area (Å²) in [7, 11) is 3.99. The molecule has 8 aliphatic rings. The highest BCUT2D eigenvalue weighted by atomic mass is 33.1. The second-order valence-corrected chi connectivity index (χ2v) is 27.9. The first-order valence-corrected chi connectivity index (χ1v) is 31.0. The number of aliphatic hydroxyl groups is 2. The highest BCUT2D eigenvalue weighted by Crippen LogP contribution is 2.69. The number of unbranched alkanes of at least 4 members (excludes halogenated alkanes) is 6. The van der Waals surface area contributed by atoms with Crippen molar-refractivity contribution in [1.82, 2.24) is 10.6 Å². The predicted molar refractivity (Wildman–Crippen MR) is 288 cm³/mol. The van der Waals surface area contributed by atoms with Gasteiger partial charge in [-0.2, -0.15) is 0 Å². The number of amides is 2. The van der Waals surface area contributed by atoms with E-state index in [1.807, 2.05) is 21.6 Å². The predicted octanol–water partition coefficient (Wildman–Crippen LogP) is 12.3. The molecule has 0 saturated heterocycles. The van der Waals surface area contributed by atoms with Gasteiger partial charge >= 0.3 is 0 Å². The van der Waals surface area contributed by atoms with E-state index in [-0.39, 0.29) is 69.1 Å². The lowest BCUT2D eigenvalue weighted by molar-refractivity contribution is -0.122. The van der Waals surface area contributed by atoms with Crippen molar-refractivity contribution in [2.45, 2.75) is 195 Å². The van der Waals surface area contributed by atoms with Crippen molar-refractivity contribution >= 4 is 45.0 Å². The van der Waals surface area contributed by atoms with Crippen LogP contribution < -0.4 is 10.6 Å². The molecule has 4 N–H and O–H groups in total. The third-order valence-corrected chi connectivity index (χ3v) is 23.9. The number of fused-ring (bicyclic) bond motifs is 10. The molecular formula is C60H92N2O6S2. The first kappa shape index (κ1) is 54.1. The number of allylic oxidation sites excluding steroid dienone is 6. The Morgan fingerprint density at radius 3 is 1.40 bits per heavy atom. The fraction of sp³-hybridized carbons (Fsp3) is 0.800. The van der Waals surface area contributed by atoms with E-state index in [9.17, 15) is 29.4 Å². The molecule has 2 amide bonds. The topological polar surface area (TPSA) is 133 Å². The maximum Gasteiger partial charge on any atom is 0.220 e. The van der Waals surface area contributed by atoms with E-state index in [2.05, 4.69) is 64.3 Å². The Bertz CT molecular complexity index is 1880. The molecule has 6 fully saturated rings. The van der Waals surface area contributed by atoms with E-state index in [1.54, 1.807) is 24.3 Å². The molecule has 0 aromatic carbocycles. The first-order chi connectivity index (χ1) is 33.5. The van der Waals surface area contributed by atoms with Crippen LogP contribution in [0, 0.1) is 80.8 Å². The Morgan fingerprint density at radius 2 is 0.986 bits per heavy atom. The van der Waals surface area contributed by atoms with Gasteiger partial charge < -0.3 is 20.8 Å². The van der Waals surface area contributed by atoms with E-state index in [1.165, 1.54) is 62.9 Å². The summed E-state index contributed by atoms with van der Waals surface area (Å²) < 4.78 is 0. The van der Waals surface area contributed by atoms with Crippen LogP contribution in [0.5, 0.6) is 0 Å². The Morgan fingerprint density at radius 1 is 0.586 bits per heavy atom.